The van der Waals surface area contributed by atoms with Gasteiger partial charge in [0.15, 0.2) is 5.82 Å². The van der Waals surface area contributed by atoms with E-state index in [1.807, 2.05) is 13.8 Å². The molecule has 1 rings (SSSR count). The minimum atomic E-state index is -0.619. The van der Waals surface area contributed by atoms with Gasteiger partial charge in [-0.2, -0.15) is 0 Å². The van der Waals surface area contributed by atoms with Crippen LogP contribution < -0.4 is 0 Å². The minimum absolute atomic E-state index is 0.0848. The zero-order valence-corrected chi connectivity index (χ0v) is 9.47. The average Bonchev–Trinajstić information content (AvgIpc) is 2.51. The van der Waals surface area contributed by atoms with E-state index in [1.165, 1.54) is 10.8 Å². The lowest BCUT2D eigenvalue weighted by Crippen LogP contribution is -2.14. The Bertz CT molecular complexity index is 320. The summed E-state index contributed by atoms with van der Waals surface area (Å²) in [5.41, 5.74) is 0. The van der Waals surface area contributed by atoms with Crippen molar-refractivity contribution in [3.8, 4) is 0 Å². The van der Waals surface area contributed by atoms with Crippen LogP contribution in [0.4, 0.5) is 5.82 Å². The lowest BCUT2D eigenvalue weighted by atomic mass is 10.4. The van der Waals surface area contributed by atoms with Crippen molar-refractivity contribution in [3.63, 3.8) is 0 Å². The molecule has 6 heteroatoms. The molecule has 86 valence electrons. The minimum Gasteiger partial charge on any atom is -0.389 e. The predicted octanol–water partition coefficient (Wildman–Crippen LogP) is 1.51. The average molecular weight is 215 g/mol. The largest absolute Gasteiger partial charge is 0.389 e. The Morgan fingerprint density at radius 3 is 2.60 bits per heavy atom. The Balaban J connectivity index is 0.000000921. The van der Waals surface area contributed by atoms with Gasteiger partial charge in [0.05, 0.1) is 6.10 Å². The smallest absolute Gasteiger partial charge is 0.342 e. The van der Waals surface area contributed by atoms with Gasteiger partial charge >= 0.3 is 5.82 Å². The first-order chi connectivity index (χ1) is 7.02. The quantitative estimate of drug-likeness (QED) is 0.612. The van der Waals surface area contributed by atoms with E-state index in [4.69, 9.17) is 5.11 Å². The van der Waals surface area contributed by atoms with Gasteiger partial charge in [0.2, 0.25) is 0 Å². The molecule has 0 saturated carbocycles. The Morgan fingerprint density at radius 2 is 2.20 bits per heavy atom. The fourth-order valence-corrected chi connectivity index (χ4v) is 1.09. The number of aliphatic hydroxyl groups excluding tert-OH is 1. The van der Waals surface area contributed by atoms with E-state index in [1.54, 1.807) is 13.8 Å². The fourth-order valence-electron chi connectivity index (χ4n) is 1.09. The Kier molecular flexibility index (Phi) is 5.54. The summed E-state index contributed by atoms with van der Waals surface area (Å²) in [5, 5.41) is 19.6. The third kappa shape index (κ3) is 3.67. The van der Waals surface area contributed by atoms with Gasteiger partial charge in [0.25, 0.3) is 0 Å². The first-order valence-electron chi connectivity index (χ1n) is 4.87. The first-order valence-corrected chi connectivity index (χ1v) is 4.87. The number of nitrogens with zero attached hydrogens (tertiary/aromatic N) is 3. The molecule has 0 spiro atoms. The van der Waals surface area contributed by atoms with Crippen molar-refractivity contribution in [2.24, 2.45) is 0 Å². The normalized spacial score (nSPS) is 11.5. The van der Waals surface area contributed by atoms with Gasteiger partial charge in [-0.15, -0.1) is 0 Å². The number of aryl methyl sites for hydroxylation is 1. The Hall–Kier alpha value is -1.43. The monoisotopic (exact) mass is 215 g/mol. The van der Waals surface area contributed by atoms with E-state index in [2.05, 4.69) is 4.98 Å². The molecule has 1 aromatic rings. The lowest BCUT2D eigenvalue weighted by molar-refractivity contribution is -0.392. The standard InChI is InChI=1S/C7H11N3O3.C2H6/c1-5(11)4-9-6(2)8-3-7(9)10(12)13;1-2/h3,5,11H,4H2,1-2H3;1-2H3. The van der Waals surface area contributed by atoms with Crippen molar-refractivity contribution < 1.29 is 10.0 Å². The predicted molar refractivity (Wildman–Crippen MR) is 56.6 cm³/mol. The Morgan fingerprint density at radius 1 is 1.67 bits per heavy atom. The van der Waals surface area contributed by atoms with E-state index in [9.17, 15) is 10.1 Å². The van der Waals surface area contributed by atoms with Gasteiger partial charge in [-0.1, -0.05) is 13.8 Å². The van der Waals surface area contributed by atoms with E-state index in [0.29, 0.717) is 5.82 Å². The van der Waals surface area contributed by atoms with Crippen LogP contribution in [0.2, 0.25) is 0 Å². The molecule has 0 fully saturated rings. The van der Waals surface area contributed by atoms with Crippen molar-refractivity contribution in [1.29, 1.82) is 0 Å². The maximum Gasteiger partial charge on any atom is 0.342 e. The highest BCUT2D eigenvalue weighted by Gasteiger charge is 2.18. The van der Waals surface area contributed by atoms with E-state index in [-0.39, 0.29) is 12.4 Å². The molecule has 1 atom stereocenters. The number of rotatable bonds is 3. The summed E-state index contributed by atoms with van der Waals surface area (Å²) < 4.78 is 1.38. The van der Waals surface area contributed by atoms with Crippen LogP contribution in [-0.4, -0.2) is 25.7 Å². The van der Waals surface area contributed by atoms with E-state index >= 15 is 0 Å². The molecule has 0 bridgehead atoms. The fraction of sp³-hybridized carbons (Fsp3) is 0.667. The van der Waals surface area contributed by atoms with E-state index < -0.39 is 11.0 Å². The van der Waals surface area contributed by atoms with Gasteiger partial charge in [-0.25, -0.2) is 9.55 Å². The highest BCUT2D eigenvalue weighted by Crippen LogP contribution is 2.13. The summed E-state index contributed by atoms with van der Waals surface area (Å²) in [6.07, 6.45) is 0.573. The molecule has 1 unspecified atom stereocenters. The Labute approximate surface area is 88.7 Å². The number of aliphatic hydroxyl groups is 1. The summed E-state index contributed by atoms with van der Waals surface area (Å²) in [7, 11) is 0. The second-order valence-corrected chi connectivity index (χ2v) is 2.88. The molecule has 6 nitrogen and oxygen atoms in total. The van der Waals surface area contributed by atoms with Crippen molar-refractivity contribution >= 4 is 5.82 Å². The number of imidazole rings is 1. The van der Waals surface area contributed by atoms with Gasteiger partial charge in [-0.3, -0.25) is 0 Å². The lowest BCUT2D eigenvalue weighted by Gasteiger charge is -2.04. The highest BCUT2D eigenvalue weighted by atomic mass is 16.6. The molecule has 15 heavy (non-hydrogen) atoms. The summed E-state index contributed by atoms with van der Waals surface area (Å²) in [6, 6.07) is 0. The van der Waals surface area contributed by atoms with Crippen LogP contribution in [0.25, 0.3) is 0 Å². The maximum absolute atomic E-state index is 10.5. The summed E-state index contributed by atoms with van der Waals surface area (Å²) in [4.78, 5) is 13.8. The molecule has 1 N–H and O–H groups in total. The molecule has 0 saturated heterocycles. The maximum atomic E-state index is 10.5. The summed E-state index contributed by atoms with van der Waals surface area (Å²) in [6.45, 7) is 7.43. The molecule has 0 aliphatic heterocycles. The van der Waals surface area contributed by atoms with Crippen LogP contribution in [0.5, 0.6) is 0 Å². The number of aromatic nitrogens is 2. The van der Waals surface area contributed by atoms with Crippen LogP contribution in [0.3, 0.4) is 0 Å². The van der Waals surface area contributed by atoms with Crippen molar-refractivity contribution in [2.75, 3.05) is 0 Å². The summed E-state index contributed by atoms with van der Waals surface area (Å²) >= 11 is 0. The first kappa shape index (κ1) is 13.6. The molecule has 0 aliphatic rings. The molecule has 0 aromatic carbocycles. The number of hydrogen-bond donors (Lipinski definition) is 1. The molecule has 0 aliphatic carbocycles. The van der Waals surface area contributed by atoms with Gasteiger partial charge < -0.3 is 15.2 Å². The number of hydrogen-bond acceptors (Lipinski definition) is 4. The van der Waals surface area contributed by atoms with E-state index in [0.717, 1.165) is 0 Å². The molecule has 1 aromatic heterocycles. The second kappa shape index (κ2) is 6.13. The molecule has 0 amide bonds. The summed E-state index contributed by atoms with van der Waals surface area (Å²) in [5.74, 6) is 0.450. The third-order valence-electron chi connectivity index (χ3n) is 1.67. The van der Waals surface area contributed by atoms with Gasteiger partial charge in [0, 0.05) is 6.92 Å². The molecular weight excluding hydrogens is 198 g/mol. The SMILES string of the molecule is CC.Cc1ncc([N+](=O)[O-])n1CC(C)O. The molecular formula is C9H17N3O3. The van der Waals surface area contributed by atoms with Crippen LogP contribution in [0.1, 0.15) is 26.6 Å². The highest BCUT2D eigenvalue weighted by molar-refractivity contribution is 5.18. The van der Waals surface area contributed by atoms with Gasteiger partial charge in [0.1, 0.15) is 12.7 Å². The number of nitro groups is 1. The molecule has 0 radical (unpaired) electrons. The molecule has 1 heterocycles. The van der Waals surface area contributed by atoms with Crippen molar-refractivity contribution in [2.45, 2.75) is 40.3 Å². The van der Waals surface area contributed by atoms with Crippen LogP contribution in [0.15, 0.2) is 6.20 Å². The zero-order chi connectivity index (χ0) is 12.0. The third-order valence-corrected chi connectivity index (χ3v) is 1.67. The van der Waals surface area contributed by atoms with Crippen molar-refractivity contribution in [1.82, 2.24) is 9.55 Å². The van der Waals surface area contributed by atoms with Gasteiger partial charge in [-0.05, 0) is 11.8 Å². The second-order valence-electron chi connectivity index (χ2n) is 2.88. The van der Waals surface area contributed by atoms with Crippen molar-refractivity contribution in [3.05, 3.63) is 22.1 Å². The topological polar surface area (TPSA) is 81.2 Å². The van der Waals surface area contributed by atoms with Crippen LogP contribution in [0, 0.1) is 17.0 Å². The zero-order valence-electron chi connectivity index (χ0n) is 9.47. The van der Waals surface area contributed by atoms with Crippen LogP contribution in [-0.2, 0) is 6.54 Å². The van der Waals surface area contributed by atoms with Crippen LogP contribution >= 0.6 is 0 Å².